The molecule has 0 radical (unpaired) electrons. The molecule has 0 saturated carbocycles. The van der Waals surface area contributed by atoms with Gasteiger partial charge in [-0.15, -0.1) is 0 Å². The molecular weight excluding hydrogens is 254 g/mol. The van der Waals surface area contributed by atoms with Crippen molar-refractivity contribution in [1.29, 1.82) is 0 Å². The van der Waals surface area contributed by atoms with E-state index in [4.69, 9.17) is 4.74 Å². The Labute approximate surface area is 118 Å². The Hall–Kier alpha value is -2.14. The van der Waals surface area contributed by atoms with E-state index in [1.165, 1.54) is 0 Å². The fourth-order valence-electron chi connectivity index (χ4n) is 1.89. The Morgan fingerprint density at radius 2 is 2.10 bits per heavy atom. The second kappa shape index (κ2) is 6.34. The molecule has 0 atom stereocenters. The van der Waals surface area contributed by atoms with Gasteiger partial charge in [-0.3, -0.25) is 4.79 Å². The van der Waals surface area contributed by atoms with E-state index in [-0.39, 0.29) is 5.56 Å². The molecule has 106 valence electrons. The van der Waals surface area contributed by atoms with Crippen LogP contribution in [0.1, 0.15) is 19.4 Å². The van der Waals surface area contributed by atoms with Gasteiger partial charge in [0.1, 0.15) is 5.75 Å². The monoisotopic (exact) mass is 273 g/mol. The number of hydrogen-bond donors (Lipinski definition) is 2. The molecule has 0 aliphatic rings. The summed E-state index contributed by atoms with van der Waals surface area (Å²) in [6.45, 7) is 4.59. The van der Waals surface area contributed by atoms with Crippen LogP contribution < -0.4 is 15.6 Å². The minimum absolute atomic E-state index is 0.170. The second-order valence-electron chi connectivity index (χ2n) is 4.84. The van der Waals surface area contributed by atoms with Gasteiger partial charge < -0.3 is 10.1 Å². The summed E-state index contributed by atoms with van der Waals surface area (Å²) in [4.78, 5) is 11.8. The third-order valence-electron chi connectivity index (χ3n) is 2.96. The van der Waals surface area contributed by atoms with Crippen LogP contribution in [0.5, 0.6) is 5.75 Å². The number of ether oxygens (including phenoxy) is 1. The van der Waals surface area contributed by atoms with E-state index < -0.39 is 0 Å². The number of benzene rings is 1. The molecule has 2 N–H and O–H groups in total. The fraction of sp³-hybridized carbons (Fsp3) is 0.333. The zero-order valence-corrected chi connectivity index (χ0v) is 11.9. The van der Waals surface area contributed by atoms with Gasteiger partial charge in [0.25, 0.3) is 5.56 Å². The van der Waals surface area contributed by atoms with Crippen molar-refractivity contribution >= 4 is 0 Å². The highest BCUT2D eigenvalue weighted by molar-refractivity contribution is 5.66. The van der Waals surface area contributed by atoms with Crippen LogP contribution in [-0.2, 0) is 6.54 Å². The Kier molecular flexibility index (Phi) is 4.53. The van der Waals surface area contributed by atoms with E-state index in [2.05, 4.69) is 15.5 Å². The van der Waals surface area contributed by atoms with Crippen LogP contribution in [0.2, 0.25) is 0 Å². The average Bonchev–Trinajstić information content (AvgIpc) is 2.46. The minimum atomic E-state index is -0.170. The summed E-state index contributed by atoms with van der Waals surface area (Å²) in [5.41, 5.74) is 2.05. The van der Waals surface area contributed by atoms with Gasteiger partial charge in [-0.2, -0.15) is 5.10 Å². The lowest BCUT2D eigenvalue weighted by molar-refractivity contribution is 0.416. The molecule has 0 unspecified atom stereocenters. The topological polar surface area (TPSA) is 67.0 Å². The van der Waals surface area contributed by atoms with Gasteiger partial charge in [0.2, 0.25) is 0 Å². The largest absolute Gasteiger partial charge is 0.496 e. The molecule has 0 fully saturated rings. The highest BCUT2D eigenvalue weighted by Crippen LogP contribution is 2.27. The Balaban J connectivity index is 2.38. The predicted molar refractivity (Wildman–Crippen MR) is 78.8 cm³/mol. The van der Waals surface area contributed by atoms with Crippen LogP contribution in [0, 0.1) is 0 Å². The van der Waals surface area contributed by atoms with Crippen molar-refractivity contribution in [3.8, 4) is 17.0 Å². The van der Waals surface area contributed by atoms with E-state index >= 15 is 0 Å². The number of H-pyrrole nitrogens is 1. The molecule has 5 nitrogen and oxygen atoms in total. The molecule has 0 spiro atoms. The number of hydrogen-bond acceptors (Lipinski definition) is 4. The van der Waals surface area contributed by atoms with Crippen molar-refractivity contribution in [1.82, 2.24) is 15.5 Å². The van der Waals surface area contributed by atoms with Crippen LogP contribution in [0.3, 0.4) is 0 Å². The summed E-state index contributed by atoms with van der Waals surface area (Å²) in [5, 5.41) is 9.87. The smallest absolute Gasteiger partial charge is 0.268 e. The molecule has 0 saturated heterocycles. The highest BCUT2D eigenvalue weighted by Gasteiger charge is 2.09. The molecular formula is C15H19N3O2. The predicted octanol–water partition coefficient (Wildman–Crippen LogP) is 1.94. The van der Waals surface area contributed by atoms with Crippen molar-refractivity contribution in [2.45, 2.75) is 26.4 Å². The zero-order chi connectivity index (χ0) is 14.5. The molecule has 0 bridgehead atoms. The number of aromatic amines is 1. The van der Waals surface area contributed by atoms with Crippen LogP contribution in [0.4, 0.5) is 0 Å². The van der Waals surface area contributed by atoms with Crippen molar-refractivity contribution in [2.24, 2.45) is 0 Å². The molecule has 0 aliphatic heterocycles. The van der Waals surface area contributed by atoms with Crippen LogP contribution >= 0.6 is 0 Å². The van der Waals surface area contributed by atoms with E-state index in [1.807, 2.05) is 38.1 Å². The molecule has 20 heavy (non-hydrogen) atoms. The third kappa shape index (κ3) is 3.24. The maximum Gasteiger partial charge on any atom is 0.268 e. The lowest BCUT2D eigenvalue weighted by atomic mass is 10.1. The first-order chi connectivity index (χ1) is 9.61. The molecule has 2 rings (SSSR count). The van der Waals surface area contributed by atoms with Crippen molar-refractivity contribution in [3.63, 3.8) is 0 Å². The third-order valence-corrected chi connectivity index (χ3v) is 2.96. The highest BCUT2D eigenvalue weighted by atomic mass is 16.5. The summed E-state index contributed by atoms with van der Waals surface area (Å²) < 4.78 is 5.32. The lowest BCUT2D eigenvalue weighted by Gasteiger charge is -2.10. The lowest BCUT2D eigenvalue weighted by Crippen LogP contribution is -2.26. The van der Waals surface area contributed by atoms with Gasteiger partial charge in [0.15, 0.2) is 0 Å². The zero-order valence-electron chi connectivity index (χ0n) is 11.9. The Morgan fingerprint density at radius 1 is 1.35 bits per heavy atom. The Morgan fingerprint density at radius 3 is 2.80 bits per heavy atom. The first-order valence-corrected chi connectivity index (χ1v) is 6.57. The van der Waals surface area contributed by atoms with E-state index in [9.17, 15) is 4.79 Å². The van der Waals surface area contributed by atoms with Crippen LogP contribution in [-0.4, -0.2) is 23.3 Å². The summed E-state index contributed by atoms with van der Waals surface area (Å²) in [6, 6.07) is 9.71. The molecule has 5 heteroatoms. The fourth-order valence-corrected chi connectivity index (χ4v) is 1.89. The van der Waals surface area contributed by atoms with Crippen molar-refractivity contribution < 1.29 is 4.74 Å². The van der Waals surface area contributed by atoms with Gasteiger partial charge in [0.05, 0.1) is 12.8 Å². The summed E-state index contributed by atoms with van der Waals surface area (Å²) in [7, 11) is 1.62. The molecule has 1 aromatic carbocycles. The van der Waals surface area contributed by atoms with Gasteiger partial charge in [0, 0.05) is 23.7 Å². The molecule has 0 aliphatic carbocycles. The van der Waals surface area contributed by atoms with Gasteiger partial charge in [-0.05, 0) is 18.2 Å². The summed E-state index contributed by atoms with van der Waals surface area (Å²) in [6.07, 6.45) is 0. The van der Waals surface area contributed by atoms with E-state index in [0.29, 0.717) is 23.8 Å². The SMILES string of the molecule is COc1ccccc1-c1cc(CNC(C)C)c(=O)[nH]n1. The Bertz CT molecular complexity index is 635. The molecule has 0 amide bonds. The number of para-hydroxylation sites is 1. The molecule has 2 aromatic rings. The average molecular weight is 273 g/mol. The second-order valence-corrected chi connectivity index (χ2v) is 4.84. The number of methoxy groups -OCH3 is 1. The van der Waals surface area contributed by atoms with Crippen molar-refractivity contribution in [3.05, 3.63) is 46.2 Å². The first kappa shape index (κ1) is 14.3. The number of nitrogens with one attached hydrogen (secondary N) is 2. The van der Waals surface area contributed by atoms with Gasteiger partial charge in [-0.25, -0.2) is 5.10 Å². The number of aromatic nitrogens is 2. The normalized spacial score (nSPS) is 10.8. The maximum absolute atomic E-state index is 11.8. The number of rotatable bonds is 5. The first-order valence-electron chi connectivity index (χ1n) is 6.57. The summed E-state index contributed by atoms with van der Waals surface area (Å²) in [5.74, 6) is 0.731. The van der Waals surface area contributed by atoms with Crippen LogP contribution in [0.15, 0.2) is 35.1 Å². The number of nitrogens with zero attached hydrogens (tertiary/aromatic N) is 1. The molecule has 1 heterocycles. The van der Waals surface area contributed by atoms with Gasteiger partial charge in [-0.1, -0.05) is 26.0 Å². The van der Waals surface area contributed by atoms with Crippen molar-refractivity contribution in [2.75, 3.05) is 7.11 Å². The summed E-state index contributed by atoms with van der Waals surface area (Å²) >= 11 is 0. The van der Waals surface area contributed by atoms with Crippen LogP contribution in [0.25, 0.3) is 11.3 Å². The minimum Gasteiger partial charge on any atom is -0.496 e. The quantitative estimate of drug-likeness (QED) is 0.873. The maximum atomic E-state index is 11.8. The molecule has 1 aromatic heterocycles. The standard InChI is InChI=1S/C15H19N3O2/c1-10(2)16-9-11-8-13(17-18-15(11)19)12-6-4-5-7-14(12)20-3/h4-8,10,16H,9H2,1-3H3,(H,18,19). The van der Waals surface area contributed by atoms with E-state index in [0.717, 1.165) is 11.3 Å². The van der Waals surface area contributed by atoms with E-state index in [1.54, 1.807) is 13.2 Å². The van der Waals surface area contributed by atoms with Gasteiger partial charge >= 0.3 is 0 Å².